The van der Waals surface area contributed by atoms with Gasteiger partial charge in [0, 0.05) is 18.8 Å². The molecule has 0 atom stereocenters. The number of fused-ring (bicyclic) bond motifs is 1. The molecule has 4 heteroatoms. The van der Waals surface area contributed by atoms with Crippen molar-refractivity contribution >= 4 is 5.69 Å². The Bertz CT molecular complexity index is 612. The number of pyridine rings is 1. The minimum Gasteiger partial charge on any atom is -0.365 e. The molecule has 0 amide bonds. The van der Waals surface area contributed by atoms with Crippen LogP contribution in [-0.4, -0.2) is 18.6 Å². The minimum atomic E-state index is -0.174. The van der Waals surface area contributed by atoms with Gasteiger partial charge in [0.2, 0.25) is 0 Å². The van der Waals surface area contributed by atoms with E-state index in [1.54, 1.807) is 6.07 Å². The zero-order valence-electron chi connectivity index (χ0n) is 11.6. The Balaban J connectivity index is 1.80. The van der Waals surface area contributed by atoms with Crippen molar-refractivity contribution in [2.75, 3.05) is 18.5 Å². The summed E-state index contributed by atoms with van der Waals surface area (Å²) in [4.78, 5) is 6.82. The van der Waals surface area contributed by atoms with Crippen LogP contribution in [-0.2, 0) is 19.5 Å². The van der Waals surface area contributed by atoms with E-state index in [9.17, 15) is 4.39 Å². The summed E-state index contributed by atoms with van der Waals surface area (Å²) in [5.41, 5.74) is 4.28. The minimum absolute atomic E-state index is 0.174. The summed E-state index contributed by atoms with van der Waals surface area (Å²) in [5.74, 6) is -0.174. The smallest absolute Gasteiger partial charge is 0.125 e. The lowest BCUT2D eigenvalue weighted by Gasteiger charge is -2.19. The molecule has 1 aromatic heterocycles. The molecule has 1 aliphatic rings. The van der Waals surface area contributed by atoms with Gasteiger partial charge in [-0.05, 0) is 43.3 Å². The highest BCUT2D eigenvalue weighted by molar-refractivity contribution is 5.58. The first-order valence-corrected chi connectivity index (χ1v) is 6.89. The maximum Gasteiger partial charge on any atom is 0.125 e. The van der Waals surface area contributed by atoms with Crippen LogP contribution < -0.4 is 10.2 Å². The highest BCUT2D eigenvalue weighted by Gasteiger charge is 2.19. The maximum atomic E-state index is 13.4. The topological polar surface area (TPSA) is 28.2 Å². The predicted octanol–water partition coefficient (Wildman–Crippen LogP) is 2.50. The molecule has 0 saturated heterocycles. The largest absolute Gasteiger partial charge is 0.365 e. The maximum absolute atomic E-state index is 13.4. The van der Waals surface area contributed by atoms with E-state index < -0.39 is 0 Å². The van der Waals surface area contributed by atoms with Crippen LogP contribution in [0.3, 0.4) is 0 Å². The molecule has 1 aromatic carbocycles. The Hall–Kier alpha value is -1.94. The van der Waals surface area contributed by atoms with Crippen molar-refractivity contribution in [3.8, 4) is 0 Å². The number of anilines is 1. The number of hydrogen-bond acceptors (Lipinski definition) is 3. The summed E-state index contributed by atoms with van der Waals surface area (Å²) in [7, 11) is 1.91. The molecule has 0 saturated carbocycles. The molecule has 0 unspecified atom stereocenters. The number of aromatic nitrogens is 1. The summed E-state index contributed by atoms with van der Waals surface area (Å²) in [6.45, 7) is 2.42. The van der Waals surface area contributed by atoms with E-state index in [0.29, 0.717) is 0 Å². The Morgan fingerprint density at radius 2 is 2.10 bits per heavy atom. The van der Waals surface area contributed by atoms with Gasteiger partial charge in [-0.2, -0.15) is 0 Å². The molecule has 1 N–H and O–H groups in total. The van der Waals surface area contributed by atoms with Crippen LogP contribution in [0.15, 0.2) is 36.4 Å². The number of benzene rings is 1. The molecule has 20 heavy (non-hydrogen) atoms. The van der Waals surface area contributed by atoms with E-state index in [1.165, 1.54) is 11.6 Å². The number of nitrogens with one attached hydrogen (secondary N) is 1. The summed E-state index contributed by atoms with van der Waals surface area (Å²) in [6.07, 6.45) is 0.978. The third-order valence-electron chi connectivity index (χ3n) is 3.61. The average Bonchev–Trinajstić information content (AvgIpc) is 2.82. The van der Waals surface area contributed by atoms with Crippen LogP contribution in [0.1, 0.15) is 17.0 Å². The van der Waals surface area contributed by atoms with Gasteiger partial charge in [0.25, 0.3) is 0 Å². The van der Waals surface area contributed by atoms with Crippen molar-refractivity contribution in [1.29, 1.82) is 0 Å². The first-order chi connectivity index (χ1) is 9.76. The SMILES string of the molecule is CNCc1cccc(CN2CCc3ccc(F)cc32)n1. The number of rotatable bonds is 4. The van der Waals surface area contributed by atoms with Crippen molar-refractivity contribution < 1.29 is 4.39 Å². The lowest BCUT2D eigenvalue weighted by molar-refractivity contribution is 0.627. The Morgan fingerprint density at radius 3 is 2.95 bits per heavy atom. The van der Waals surface area contributed by atoms with E-state index in [4.69, 9.17) is 0 Å². The third kappa shape index (κ3) is 2.65. The highest BCUT2D eigenvalue weighted by atomic mass is 19.1. The van der Waals surface area contributed by atoms with Gasteiger partial charge in [0.15, 0.2) is 0 Å². The second-order valence-corrected chi connectivity index (χ2v) is 5.10. The fraction of sp³-hybridized carbons (Fsp3) is 0.312. The van der Waals surface area contributed by atoms with Crippen LogP contribution in [0, 0.1) is 5.82 Å². The van der Waals surface area contributed by atoms with E-state index in [-0.39, 0.29) is 5.82 Å². The van der Waals surface area contributed by atoms with Gasteiger partial charge < -0.3 is 10.2 Å². The zero-order valence-corrected chi connectivity index (χ0v) is 11.6. The molecular weight excluding hydrogens is 253 g/mol. The van der Waals surface area contributed by atoms with E-state index in [0.717, 1.165) is 43.1 Å². The highest BCUT2D eigenvalue weighted by Crippen LogP contribution is 2.29. The quantitative estimate of drug-likeness (QED) is 0.926. The van der Waals surface area contributed by atoms with E-state index in [2.05, 4.69) is 15.2 Å². The number of nitrogens with zero attached hydrogens (tertiary/aromatic N) is 2. The summed E-state index contributed by atoms with van der Waals surface area (Å²) < 4.78 is 13.4. The average molecular weight is 271 g/mol. The second-order valence-electron chi connectivity index (χ2n) is 5.10. The van der Waals surface area contributed by atoms with Crippen molar-refractivity contribution in [2.45, 2.75) is 19.5 Å². The van der Waals surface area contributed by atoms with Crippen LogP contribution in [0.4, 0.5) is 10.1 Å². The molecule has 3 rings (SSSR count). The van der Waals surface area contributed by atoms with E-state index >= 15 is 0 Å². The summed E-state index contributed by atoms with van der Waals surface area (Å²) in [5, 5.41) is 3.10. The van der Waals surface area contributed by atoms with Gasteiger partial charge in [0.05, 0.1) is 17.9 Å². The van der Waals surface area contributed by atoms with Crippen molar-refractivity contribution in [3.05, 3.63) is 59.2 Å². The van der Waals surface area contributed by atoms with Gasteiger partial charge in [0.1, 0.15) is 5.82 Å². The molecule has 0 bridgehead atoms. The summed E-state index contributed by atoms with van der Waals surface area (Å²) in [6, 6.07) is 11.1. The van der Waals surface area contributed by atoms with Gasteiger partial charge in [-0.3, -0.25) is 4.98 Å². The number of halogens is 1. The molecule has 3 nitrogen and oxygen atoms in total. The van der Waals surface area contributed by atoms with Crippen LogP contribution >= 0.6 is 0 Å². The first kappa shape index (κ1) is 13.1. The predicted molar refractivity (Wildman–Crippen MR) is 78.2 cm³/mol. The lowest BCUT2D eigenvalue weighted by Crippen LogP contribution is -2.21. The summed E-state index contributed by atoms with van der Waals surface area (Å²) >= 11 is 0. The fourth-order valence-electron chi connectivity index (χ4n) is 2.68. The molecule has 0 fully saturated rings. The molecule has 0 spiro atoms. The second kappa shape index (κ2) is 5.59. The molecule has 2 heterocycles. The fourth-order valence-corrected chi connectivity index (χ4v) is 2.68. The van der Waals surface area contributed by atoms with Gasteiger partial charge in [-0.1, -0.05) is 12.1 Å². The van der Waals surface area contributed by atoms with Crippen LogP contribution in [0.2, 0.25) is 0 Å². The normalized spacial score (nSPS) is 13.6. The van der Waals surface area contributed by atoms with E-state index in [1.807, 2.05) is 31.3 Å². The molecule has 2 aromatic rings. The standard InChI is InChI=1S/C16H18FN3/c1-18-10-14-3-2-4-15(19-14)11-20-8-7-12-5-6-13(17)9-16(12)20/h2-6,9,18H,7-8,10-11H2,1H3. The monoisotopic (exact) mass is 271 g/mol. The number of hydrogen-bond donors (Lipinski definition) is 1. The molecular formula is C16H18FN3. The van der Waals surface area contributed by atoms with Crippen molar-refractivity contribution in [2.24, 2.45) is 0 Å². The Labute approximate surface area is 118 Å². The van der Waals surface area contributed by atoms with Crippen LogP contribution in [0.5, 0.6) is 0 Å². The van der Waals surface area contributed by atoms with Crippen LogP contribution in [0.25, 0.3) is 0 Å². The lowest BCUT2D eigenvalue weighted by atomic mass is 10.2. The molecule has 0 aliphatic carbocycles. The Morgan fingerprint density at radius 1 is 1.25 bits per heavy atom. The molecule has 1 aliphatic heterocycles. The van der Waals surface area contributed by atoms with Crippen molar-refractivity contribution in [1.82, 2.24) is 10.3 Å². The van der Waals surface area contributed by atoms with Gasteiger partial charge in [-0.25, -0.2) is 4.39 Å². The third-order valence-corrected chi connectivity index (χ3v) is 3.61. The molecule has 104 valence electrons. The molecule has 0 radical (unpaired) electrons. The van der Waals surface area contributed by atoms with Gasteiger partial charge in [-0.15, -0.1) is 0 Å². The van der Waals surface area contributed by atoms with Gasteiger partial charge >= 0.3 is 0 Å². The first-order valence-electron chi connectivity index (χ1n) is 6.89. The zero-order chi connectivity index (χ0) is 13.9. The Kier molecular flexibility index (Phi) is 3.65. The van der Waals surface area contributed by atoms with Crippen molar-refractivity contribution in [3.63, 3.8) is 0 Å².